The third-order valence-corrected chi connectivity index (χ3v) is 9.03. The van der Waals surface area contributed by atoms with E-state index in [2.05, 4.69) is 10.6 Å². The second-order valence-corrected chi connectivity index (χ2v) is 12.4. The summed E-state index contributed by atoms with van der Waals surface area (Å²) in [5, 5.41) is 17.0. The summed E-state index contributed by atoms with van der Waals surface area (Å²) in [5.74, 6) is -1.96. The van der Waals surface area contributed by atoms with Gasteiger partial charge in [-0.2, -0.15) is 0 Å². The Morgan fingerprint density at radius 1 is 0.953 bits per heavy atom. The van der Waals surface area contributed by atoms with Crippen LogP contribution in [0.15, 0.2) is 84.9 Å². The van der Waals surface area contributed by atoms with Crippen LogP contribution in [0.2, 0.25) is 0 Å². The molecule has 1 aliphatic heterocycles. The van der Waals surface area contributed by atoms with E-state index in [-0.39, 0.29) is 35.7 Å². The number of nitrogens with zero attached hydrogens (tertiary/aromatic N) is 1. The number of Topliss-reactive ketones (excluding diaryl/α,β-unsaturated/α-hetero) is 1. The van der Waals surface area contributed by atoms with Crippen molar-refractivity contribution in [1.29, 1.82) is 0 Å². The van der Waals surface area contributed by atoms with Gasteiger partial charge in [-0.15, -0.1) is 11.8 Å². The topological polar surface area (TPSA) is 116 Å². The summed E-state index contributed by atoms with van der Waals surface area (Å²) in [6, 6.07) is 24.0. The molecule has 3 N–H and O–H groups in total. The number of amides is 3. The molecule has 0 aliphatic carbocycles. The Balaban J connectivity index is 1.47. The van der Waals surface area contributed by atoms with Gasteiger partial charge in [0.1, 0.15) is 6.04 Å². The van der Waals surface area contributed by atoms with Crippen LogP contribution in [0.3, 0.4) is 0 Å². The van der Waals surface area contributed by atoms with E-state index < -0.39 is 35.9 Å². The second-order valence-electron chi connectivity index (χ2n) is 11.0. The number of hydrogen-bond acceptors (Lipinski definition) is 6. The van der Waals surface area contributed by atoms with Crippen molar-refractivity contribution in [2.24, 2.45) is 5.92 Å². The second kappa shape index (κ2) is 15.0. The molecule has 4 rings (SSSR count). The van der Waals surface area contributed by atoms with Crippen molar-refractivity contribution in [3.8, 4) is 0 Å². The lowest BCUT2D eigenvalue weighted by Crippen LogP contribution is -2.57. The Hall–Kier alpha value is -3.95. The molecule has 0 bridgehead atoms. The number of benzene rings is 3. The number of aryl methyl sites for hydroxylation is 1. The zero-order valence-electron chi connectivity index (χ0n) is 24.7. The van der Waals surface area contributed by atoms with Gasteiger partial charge in [-0.25, -0.2) is 0 Å². The average Bonchev–Trinajstić information content (AvgIpc) is 3.41. The molecule has 43 heavy (non-hydrogen) atoms. The first-order valence-corrected chi connectivity index (χ1v) is 15.6. The van der Waals surface area contributed by atoms with Crippen LogP contribution in [-0.2, 0) is 27.3 Å². The summed E-state index contributed by atoms with van der Waals surface area (Å²) in [5.41, 5.74) is 3.38. The molecule has 5 atom stereocenters. The maximum Gasteiger partial charge on any atom is 0.254 e. The molecule has 3 amide bonds. The SMILES string of the molecule is Cc1ccccc1CNC(=O)[C@@H]1C(C)SCN1C(=O)[C@@H](O)[C@H](Cc1ccccc1)NC(=O)C(C)CC(=O)c1ccccc1. The molecule has 1 saturated heterocycles. The quantitative estimate of drug-likeness (QED) is 0.271. The largest absolute Gasteiger partial charge is 0.381 e. The average molecular weight is 602 g/mol. The first-order chi connectivity index (χ1) is 20.7. The fourth-order valence-electron chi connectivity index (χ4n) is 5.16. The van der Waals surface area contributed by atoms with E-state index in [9.17, 15) is 24.3 Å². The number of carbonyl (C=O) groups excluding carboxylic acids is 4. The van der Waals surface area contributed by atoms with Crippen LogP contribution in [0.4, 0.5) is 0 Å². The van der Waals surface area contributed by atoms with E-state index in [1.807, 2.05) is 74.5 Å². The van der Waals surface area contributed by atoms with E-state index in [0.29, 0.717) is 12.1 Å². The van der Waals surface area contributed by atoms with Gasteiger partial charge in [-0.3, -0.25) is 19.2 Å². The summed E-state index contributed by atoms with van der Waals surface area (Å²) in [6.45, 7) is 5.84. The number of ketones is 1. The van der Waals surface area contributed by atoms with E-state index in [0.717, 1.165) is 16.7 Å². The lowest BCUT2D eigenvalue weighted by atomic mass is 9.96. The van der Waals surface area contributed by atoms with Crippen LogP contribution < -0.4 is 10.6 Å². The Kier molecular flexibility index (Phi) is 11.1. The van der Waals surface area contributed by atoms with E-state index in [4.69, 9.17) is 0 Å². The summed E-state index contributed by atoms with van der Waals surface area (Å²) < 4.78 is 0. The van der Waals surface area contributed by atoms with Gasteiger partial charge < -0.3 is 20.6 Å². The number of hydrogen-bond donors (Lipinski definition) is 3. The number of nitrogens with one attached hydrogen (secondary N) is 2. The molecule has 0 saturated carbocycles. The smallest absolute Gasteiger partial charge is 0.254 e. The summed E-state index contributed by atoms with van der Waals surface area (Å²) >= 11 is 1.46. The standard InChI is InChI=1S/C34H39N3O5S/c1-22-12-10-11-17-27(22)20-35-33(41)30-24(3)43-21-37(30)34(42)31(39)28(19-25-13-6-4-7-14-25)36-32(40)23(2)18-29(38)26-15-8-5-9-16-26/h4-17,23-24,28,30-31,39H,18-21H2,1-3H3,(H,35,41)(H,36,40)/t23?,24?,28-,30-,31-/m0/s1. The van der Waals surface area contributed by atoms with E-state index >= 15 is 0 Å². The molecule has 0 spiro atoms. The highest BCUT2D eigenvalue weighted by molar-refractivity contribution is 8.00. The highest BCUT2D eigenvalue weighted by Crippen LogP contribution is 2.30. The van der Waals surface area contributed by atoms with Gasteiger partial charge >= 0.3 is 0 Å². The maximum absolute atomic E-state index is 13.8. The first kappa shape index (κ1) is 32.0. The van der Waals surface area contributed by atoms with Crippen LogP contribution in [0, 0.1) is 12.8 Å². The molecule has 226 valence electrons. The molecule has 3 aromatic rings. The maximum atomic E-state index is 13.8. The van der Waals surface area contributed by atoms with Gasteiger partial charge in [-0.05, 0) is 30.0 Å². The fourth-order valence-corrected chi connectivity index (χ4v) is 6.30. The summed E-state index contributed by atoms with van der Waals surface area (Å²) in [7, 11) is 0. The van der Waals surface area contributed by atoms with E-state index in [1.165, 1.54) is 16.7 Å². The van der Waals surface area contributed by atoms with Crippen molar-refractivity contribution < 1.29 is 24.3 Å². The van der Waals surface area contributed by atoms with Gasteiger partial charge in [-0.1, -0.05) is 98.8 Å². The Labute approximate surface area is 257 Å². The molecule has 1 heterocycles. The predicted molar refractivity (Wildman–Crippen MR) is 168 cm³/mol. The highest BCUT2D eigenvalue weighted by Gasteiger charge is 2.43. The molecule has 0 aromatic heterocycles. The van der Waals surface area contributed by atoms with Gasteiger partial charge in [0.05, 0.1) is 11.9 Å². The highest BCUT2D eigenvalue weighted by atomic mass is 32.2. The monoisotopic (exact) mass is 601 g/mol. The van der Waals surface area contributed by atoms with Crippen molar-refractivity contribution in [2.45, 2.75) is 63.6 Å². The molecule has 1 fully saturated rings. The summed E-state index contributed by atoms with van der Waals surface area (Å²) in [4.78, 5) is 54.5. The predicted octanol–water partition coefficient (Wildman–Crippen LogP) is 3.90. The molecule has 9 heteroatoms. The molecule has 2 unspecified atom stereocenters. The van der Waals surface area contributed by atoms with Crippen LogP contribution >= 0.6 is 11.8 Å². The van der Waals surface area contributed by atoms with Crippen LogP contribution in [0.25, 0.3) is 0 Å². The number of aliphatic hydroxyl groups excluding tert-OH is 1. The van der Waals surface area contributed by atoms with Gasteiger partial charge in [0, 0.05) is 29.7 Å². The number of aliphatic hydroxyl groups is 1. The minimum absolute atomic E-state index is 0.0125. The Bertz CT molecular complexity index is 1420. The zero-order valence-corrected chi connectivity index (χ0v) is 25.6. The summed E-state index contributed by atoms with van der Waals surface area (Å²) in [6.07, 6.45) is -1.42. The zero-order chi connectivity index (χ0) is 30.9. The normalized spacial score (nSPS) is 18.4. The lowest BCUT2D eigenvalue weighted by molar-refractivity contribution is -0.147. The van der Waals surface area contributed by atoms with Crippen LogP contribution in [0.5, 0.6) is 0 Å². The number of thioether (sulfide) groups is 1. The van der Waals surface area contributed by atoms with Crippen LogP contribution in [0.1, 0.15) is 47.3 Å². The Morgan fingerprint density at radius 2 is 1.58 bits per heavy atom. The first-order valence-electron chi connectivity index (χ1n) is 14.5. The van der Waals surface area contributed by atoms with Crippen LogP contribution in [-0.4, -0.2) is 62.8 Å². The lowest BCUT2D eigenvalue weighted by Gasteiger charge is -2.31. The third-order valence-electron chi connectivity index (χ3n) is 7.82. The molecule has 3 aromatic carbocycles. The third kappa shape index (κ3) is 8.33. The minimum Gasteiger partial charge on any atom is -0.381 e. The van der Waals surface area contributed by atoms with Gasteiger partial charge in [0.2, 0.25) is 11.8 Å². The molecule has 1 aliphatic rings. The number of carbonyl (C=O) groups is 4. The molecular formula is C34H39N3O5S. The van der Waals surface area contributed by atoms with Gasteiger partial charge in [0.15, 0.2) is 11.9 Å². The molecule has 8 nitrogen and oxygen atoms in total. The Morgan fingerprint density at radius 3 is 2.26 bits per heavy atom. The van der Waals surface area contributed by atoms with Crippen molar-refractivity contribution in [3.63, 3.8) is 0 Å². The van der Waals surface area contributed by atoms with Crippen molar-refractivity contribution in [2.75, 3.05) is 5.88 Å². The van der Waals surface area contributed by atoms with Crippen molar-refractivity contribution in [1.82, 2.24) is 15.5 Å². The molecule has 0 radical (unpaired) electrons. The number of rotatable bonds is 12. The van der Waals surface area contributed by atoms with E-state index in [1.54, 1.807) is 31.2 Å². The van der Waals surface area contributed by atoms with Crippen molar-refractivity contribution in [3.05, 3.63) is 107 Å². The van der Waals surface area contributed by atoms with Gasteiger partial charge in [0.25, 0.3) is 5.91 Å². The fraction of sp³-hybridized carbons (Fsp3) is 0.353. The van der Waals surface area contributed by atoms with Crippen molar-refractivity contribution >= 4 is 35.3 Å². The minimum atomic E-state index is -1.60. The molecular weight excluding hydrogens is 562 g/mol.